The molecule has 3 heteroatoms. The van der Waals surface area contributed by atoms with Gasteiger partial charge in [0.15, 0.2) is 0 Å². The van der Waals surface area contributed by atoms with Gasteiger partial charge >= 0.3 is 0 Å². The number of H-pyrrole nitrogens is 1. The summed E-state index contributed by atoms with van der Waals surface area (Å²) in [5, 5.41) is 8.92. The van der Waals surface area contributed by atoms with Crippen LogP contribution in [0.4, 0.5) is 0 Å². The second kappa shape index (κ2) is 1.73. The number of nitrogens with zero attached hydrogens (tertiary/aromatic N) is 1. The van der Waals surface area contributed by atoms with Gasteiger partial charge in [-0.15, -0.1) is 0 Å². The summed E-state index contributed by atoms with van der Waals surface area (Å²) in [5.74, 6) is 0.0621. The maximum absolute atomic E-state index is 8.92. The van der Waals surface area contributed by atoms with Gasteiger partial charge in [0.05, 0.1) is 11.0 Å². The van der Waals surface area contributed by atoms with Crippen molar-refractivity contribution in [2.24, 2.45) is 0 Å². The van der Waals surface area contributed by atoms with Gasteiger partial charge in [0.1, 0.15) is 0 Å². The molecule has 0 saturated heterocycles. The van der Waals surface area contributed by atoms with E-state index in [0.29, 0.717) is 0 Å². The lowest BCUT2D eigenvalue weighted by molar-refractivity contribution is 0.456. The second-order valence-electron chi connectivity index (χ2n) is 2.08. The number of aromatic nitrogens is 2. The van der Waals surface area contributed by atoms with E-state index in [2.05, 4.69) is 9.97 Å². The van der Waals surface area contributed by atoms with Crippen molar-refractivity contribution in [3.8, 4) is 5.88 Å². The van der Waals surface area contributed by atoms with Crippen LogP contribution in [0.5, 0.6) is 5.88 Å². The van der Waals surface area contributed by atoms with Crippen LogP contribution in [-0.2, 0) is 0 Å². The molecule has 50 valence electrons. The van der Waals surface area contributed by atoms with E-state index in [4.69, 9.17) is 5.11 Å². The number of hydrogen-bond acceptors (Lipinski definition) is 2. The Bertz CT molecular complexity index is 353. The minimum absolute atomic E-state index is 0.0621. The van der Waals surface area contributed by atoms with E-state index < -0.39 is 0 Å². The van der Waals surface area contributed by atoms with Crippen molar-refractivity contribution in [1.82, 2.24) is 9.97 Å². The lowest BCUT2D eigenvalue weighted by Crippen LogP contribution is -1.73. The van der Waals surface area contributed by atoms with Crippen molar-refractivity contribution >= 4 is 11.0 Å². The molecule has 0 radical (unpaired) electrons. The predicted molar refractivity (Wildman–Crippen MR) is 37.8 cm³/mol. The first kappa shape index (κ1) is 5.29. The normalized spacial score (nSPS) is 10.4. The SMILES string of the molecule is Oc1ccc2[nH]ccc2n1. The van der Waals surface area contributed by atoms with Crippen molar-refractivity contribution in [3.63, 3.8) is 0 Å². The Balaban J connectivity index is 2.86. The van der Waals surface area contributed by atoms with Gasteiger partial charge < -0.3 is 10.1 Å². The highest BCUT2D eigenvalue weighted by atomic mass is 16.3. The Morgan fingerprint density at radius 1 is 1.30 bits per heavy atom. The molecule has 0 amide bonds. The average molecular weight is 134 g/mol. The highest BCUT2D eigenvalue weighted by molar-refractivity contribution is 5.75. The van der Waals surface area contributed by atoms with Crippen LogP contribution in [0, 0.1) is 0 Å². The molecular weight excluding hydrogens is 128 g/mol. The van der Waals surface area contributed by atoms with Crippen LogP contribution < -0.4 is 0 Å². The maximum Gasteiger partial charge on any atom is 0.211 e. The van der Waals surface area contributed by atoms with Gasteiger partial charge in [-0.1, -0.05) is 0 Å². The Hall–Kier alpha value is -1.51. The summed E-state index contributed by atoms with van der Waals surface area (Å²) < 4.78 is 0. The Morgan fingerprint density at radius 3 is 3.10 bits per heavy atom. The fourth-order valence-corrected chi connectivity index (χ4v) is 0.924. The van der Waals surface area contributed by atoms with Crippen molar-refractivity contribution in [1.29, 1.82) is 0 Å². The molecule has 0 aromatic carbocycles. The zero-order valence-electron chi connectivity index (χ0n) is 5.20. The van der Waals surface area contributed by atoms with Crippen LogP contribution in [0.3, 0.4) is 0 Å². The summed E-state index contributed by atoms with van der Waals surface area (Å²) in [4.78, 5) is 6.83. The fraction of sp³-hybridized carbons (Fsp3) is 0. The highest BCUT2D eigenvalue weighted by Gasteiger charge is 1.94. The molecule has 0 fully saturated rings. The lowest BCUT2D eigenvalue weighted by Gasteiger charge is -1.88. The molecule has 2 aromatic rings. The molecule has 2 N–H and O–H groups in total. The van der Waals surface area contributed by atoms with Gasteiger partial charge in [0.25, 0.3) is 0 Å². The topological polar surface area (TPSA) is 48.9 Å². The summed E-state index contributed by atoms with van der Waals surface area (Å²) in [5.41, 5.74) is 1.73. The molecule has 0 unspecified atom stereocenters. The molecule has 2 heterocycles. The summed E-state index contributed by atoms with van der Waals surface area (Å²) in [7, 11) is 0. The third-order valence-electron chi connectivity index (χ3n) is 1.39. The molecule has 0 aliphatic carbocycles. The van der Waals surface area contributed by atoms with Crippen LogP contribution in [0.25, 0.3) is 11.0 Å². The summed E-state index contributed by atoms with van der Waals surface area (Å²) >= 11 is 0. The van der Waals surface area contributed by atoms with E-state index in [0.717, 1.165) is 11.0 Å². The quantitative estimate of drug-likeness (QED) is 0.570. The molecule has 0 aliphatic rings. The van der Waals surface area contributed by atoms with E-state index in [1.54, 1.807) is 18.3 Å². The number of hydrogen-bond donors (Lipinski definition) is 2. The molecule has 3 nitrogen and oxygen atoms in total. The van der Waals surface area contributed by atoms with E-state index in [9.17, 15) is 0 Å². The van der Waals surface area contributed by atoms with E-state index in [-0.39, 0.29) is 5.88 Å². The molecule has 0 atom stereocenters. The summed E-state index contributed by atoms with van der Waals surface area (Å²) in [6, 6.07) is 5.16. The first-order valence-corrected chi connectivity index (χ1v) is 2.99. The Kier molecular flexibility index (Phi) is 0.917. The van der Waals surface area contributed by atoms with Crippen LogP contribution in [-0.4, -0.2) is 15.1 Å². The predicted octanol–water partition coefficient (Wildman–Crippen LogP) is 1.27. The molecule has 2 aromatic heterocycles. The zero-order chi connectivity index (χ0) is 6.97. The van der Waals surface area contributed by atoms with Crippen molar-refractivity contribution in [2.75, 3.05) is 0 Å². The monoisotopic (exact) mass is 134 g/mol. The van der Waals surface area contributed by atoms with E-state index >= 15 is 0 Å². The Labute approximate surface area is 57.3 Å². The van der Waals surface area contributed by atoms with E-state index in [1.165, 1.54) is 0 Å². The number of nitrogens with one attached hydrogen (secondary N) is 1. The number of fused-ring (bicyclic) bond motifs is 1. The minimum atomic E-state index is 0.0621. The fourth-order valence-electron chi connectivity index (χ4n) is 0.924. The molecular formula is C7H6N2O. The van der Waals surface area contributed by atoms with Gasteiger partial charge in [-0.2, -0.15) is 0 Å². The van der Waals surface area contributed by atoms with Gasteiger partial charge in [-0.05, 0) is 12.1 Å². The first-order valence-electron chi connectivity index (χ1n) is 2.99. The van der Waals surface area contributed by atoms with Gasteiger partial charge in [0, 0.05) is 12.3 Å². The molecule has 0 aliphatic heterocycles. The largest absolute Gasteiger partial charge is 0.493 e. The zero-order valence-corrected chi connectivity index (χ0v) is 5.20. The molecule has 10 heavy (non-hydrogen) atoms. The molecule has 0 saturated carbocycles. The molecule has 0 bridgehead atoms. The summed E-state index contributed by atoms with van der Waals surface area (Å²) in [6.45, 7) is 0. The Morgan fingerprint density at radius 2 is 2.20 bits per heavy atom. The first-order chi connectivity index (χ1) is 4.86. The lowest BCUT2D eigenvalue weighted by atomic mass is 10.4. The van der Waals surface area contributed by atoms with Crippen LogP contribution >= 0.6 is 0 Å². The smallest absolute Gasteiger partial charge is 0.211 e. The van der Waals surface area contributed by atoms with Crippen LogP contribution in [0.2, 0.25) is 0 Å². The molecule has 0 spiro atoms. The van der Waals surface area contributed by atoms with Crippen molar-refractivity contribution in [3.05, 3.63) is 24.4 Å². The number of pyridine rings is 1. The standard InChI is InChI=1S/C7H6N2O/c10-7-2-1-5-6(9-7)3-4-8-5/h1-4,8H,(H,9,10). The third-order valence-corrected chi connectivity index (χ3v) is 1.39. The number of aromatic hydroxyl groups is 1. The third kappa shape index (κ3) is 0.639. The van der Waals surface area contributed by atoms with Crippen LogP contribution in [0.15, 0.2) is 24.4 Å². The average Bonchev–Trinajstić information content (AvgIpc) is 2.33. The van der Waals surface area contributed by atoms with E-state index in [1.807, 2.05) is 6.07 Å². The van der Waals surface area contributed by atoms with Gasteiger partial charge in [0.2, 0.25) is 5.88 Å². The number of aromatic amines is 1. The van der Waals surface area contributed by atoms with Gasteiger partial charge in [-0.3, -0.25) is 0 Å². The molecule has 2 rings (SSSR count). The van der Waals surface area contributed by atoms with Crippen LogP contribution in [0.1, 0.15) is 0 Å². The maximum atomic E-state index is 8.92. The summed E-state index contributed by atoms with van der Waals surface area (Å²) in [6.07, 6.45) is 1.79. The highest BCUT2D eigenvalue weighted by Crippen LogP contribution is 2.12. The van der Waals surface area contributed by atoms with Gasteiger partial charge in [-0.25, -0.2) is 4.98 Å². The van der Waals surface area contributed by atoms with Crippen molar-refractivity contribution in [2.45, 2.75) is 0 Å². The number of rotatable bonds is 0. The second-order valence-corrected chi connectivity index (χ2v) is 2.08. The van der Waals surface area contributed by atoms with Crippen molar-refractivity contribution < 1.29 is 5.11 Å². The minimum Gasteiger partial charge on any atom is -0.493 e.